The zero-order valence-electron chi connectivity index (χ0n) is 18.9. The van der Waals surface area contributed by atoms with Crippen LogP contribution in [0.15, 0.2) is 30.3 Å². The first-order valence-corrected chi connectivity index (χ1v) is 10.4. The molecule has 0 radical (unpaired) electrons. The summed E-state index contributed by atoms with van der Waals surface area (Å²) >= 11 is 0. The zero-order valence-corrected chi connectivity index (χ0v) is 18.9. The number of esters is 2. The highest BCUT2D eigenvalue weighted by molar-refractivity contribution is 5.80. The molecule has 0 unspecified atom stereocenters. The van der Waals surface area contributed by atoms with Crippen molar-refractivity contribution in [2.45, 2.75) is 72.3 Å². The molecule has 7 nitrogen and oxygen atoms in total. The second kappa shape index (κ2) is 9.90. The molecule has 0 aliphatic carbocycles. The Bertz CT molecular complexity index is 712. The van der Waals surface area contributed by atoms with Crippen molar-refractivity contribution in [3.05, 3.63) is 35.9 Å². The molecule has 1 aliphatic rings. The number of carbonyl (C=O) groups is 2. The van der Waals surface area contributed by atoms with E-state index in [1.54, 1.807) is 25.8 Å². The highest BCUT2D eigenvalue weighted by atomic mass is 16.7. The van der Waals surface area contributed by atoms with Gasteiger partial charge in [0.25, 0.3) is 0 Å². The van der Waals surface area contributed by atoms with E-state index in [0.29, 0.717) is 0 Å². The van der Waals surface area contributed by atoms with Gasteiger partial charge in [0, 0.05) is 11.5 Å². The maximum absolute atomic E-state index is 12.8. The third-order valence-electron chi connectivity index (χ3n) is 5.01. The van der Waals surface area contributed by atoms with E-state index < -0.39 is 34.9 Å². The van der Waals surface area contributed by atoms with Crippen molar-refractivity contribution in [1.29, 1.82) is 0 Å². The van der Waals surface area contributed by atoms with Gasteiger partial charge in [-0.05, 0) is 39.7 Å². The van der Waals surface area contributed by atoms with Crippen molar-refractivity contribution < 1.29 is 29.0 Å². The summed E-state index contributed by atoms with van der Waals surface area (Å²) in [6.07, 6.45) is 0.253. The Morgan fingerprint density at radius 3 is 2.30 bits per heavy atom. The lowest BCUT2D eigenvalue weighted by Gasteiger charge is -2.29. The first-order valence-electron chi connectivity index (χ1n) is 10.4. The van der Waals surface area contributed by atoms with E-state index in [4.69, 9.17) is 14.3 Å². The third-order valence-corrected chi connectivity index (χ3v) is 5.01. The summed E-state index contributed by atoms with van der Waals surface area (Å²) in [7, 11) is 0. The Kier molecular flexibility index (Phi) is 8.02. The van der Waals surface area contributed by atoms with Gasteiger partial charge in [-0.25, -0.2) is 0 Å². The normalized spacial score (nSPS) is 22.7. The van der Waals surface area contributed by atoms with Crippen LogP contribution in [0.3, 0.4) is 0 Å². The van der Waals surface area contributed by atoms with Crippen LogP contribution in [0.25, 0.3) is 0 Å². The molecule has 1 heterocycles. The van der Waals surface area contributed by atoms with Crippen LogP contribution in [-0.4, -0.2) is 53.0 Å². The van der Waals surface area contributed by atoms with E-state index in [2.05, 4.69) is 0 Å². The molecule has 0 spiro atoms. The van der Waals surface area contributed by atoms with Gasteiger partial charge in [-0.15, -0.1) is 0 Å². The van der Waals surface area contributed by atoms with E-state index in [1.165, 1.54) is 0 Å². The van der Waals surface area contributed by atoms with E-state index in [9.17, 15) is 14.7 Å². The molecule has 3 atom stereocenters. The number of aliphatic hydroxyl groups is 1. The Morgan fingerprint density at radius 1 is 1.10 bits per heavy atom. The van der Waals surface area contributed by atoms with Crippen molar-refractivity contribution in [1.82, 2.24) is 5.06 Å². The summed E-state index contributed by atoms with van der Waals surface area (Å²) in [6, 6.07) is 8.56. The first-order chi connectivity index (χ1) is 13.9. The molecular weight excluding hydrogens is 386 g/mol. The molecule has 168 valence electrons. The van der Waals surface area contributed by atoms with Gasteiger partial charge in [0.15, 0.2) is 0 Å². The van der Waals surface area contributed by atoms with E-state index >= 15 is 0 Å². The van der Waals surface area contributed by atoms with Crippen LogP contribution in [0.4, 0.5) is 0 Å². The van der Waals surface area contributed by atoms with Crippen LogP contribution >= 0.6 is 0 Å². The molecule has 0 amide bonds. The lowest BCUT2D eigenvalue weighted by molar-refractivity contribution is -0.217. The lowest BCUT2D eigenvalue weighted by atomic mass is 9.96. The molecule has 0 aromatic heterocycles. The number of hydrogen-bond donors (Lipinski definition) is 1. The molecule has 1 fully saturated rings. The fourth-order valence-corrected chi connectivity index (χ4v) is 3.22. The van der Waals surface area contributed by atoms with Gasteiger partial charge in [-0.1, -0.05) is 44.2 Å². The van der Waals surface area contributed by atoms with Crippen molar-refractivity contribution in [3.63, 3.8) is 0 Å². The van der Waals surface area contributed by atoms with E-state index in [0.717, 1.165) is 5.56 Å². The minimum atomic E-state index is -0.702. The summed E-state index contributed by atoms with van der Waals surface area (Å²) in [6.45, 7) is 11.2. The van der Waals surface area contributed by atoms with Crippen molar-refractivity contribution in [2.24, 2.45) is 11.3 Å². The minimum Gasteiger partial charge on any atom is -0.465 e. The number of rotatable bonds is 8. The van der Waals surface area contributed by atoms with Gasteiger partial charge in [-0.2, -0.15) is 5.06 Å². The highest BCUT2D eigenvalue weighted by Gasteiger charge is 2.48. The molecule has 2 rings (SSSR count). The van der Waals surface area contributed by atoms with Gasteiger partial charge < -0.3 is 14.6 Å². The monoisotopic (exact) mass is 421 g/mol. The quantitative estimate of drug-likeness (QED) is 0.646. The standard InChI is InChI=1S/C23H35NO6/c1-16-18(20(26)28-15-23(5,6)14-25)12-19(21(27)30-22(2,3)4)24(16)29-13-17-10-8-7-9-11-17/h7-11,16,18-19,25H,12-15H2,1-6H3/t16-,18-,19-/m1/s1. The van der Waals surface area contributed by atoms with E-state index in [-0.39, 0.29) is 32.3 Å². The van der Waals surface area contributed by atoms with Crippen LogP contribution in [0, 0.1) is 11.3 Å². The number of ether oxygens (including phenoxy) is 2. The fourth-order valence-electron chi connectivity index (χ4n) is 3.22. The molecule has 1 aliphatic heterocycles. The molecule has 1 aromatic carbocycles. The highest BCUT2D eigenvalue weighted by Crippen LogP contribution is 2.33. The summed E-state index contributed by atoms with van der Waals surface area (Å²) in [5.41, 5.74) is -0.204. The van der Waals surface area contributed by atoms with Crippen LogP contribution in [0.1, 0.15) is 53.5 Å². The summed E-state index contributed by atoms with van der Waals surface area (Å²) in [4.78, 5) is 31.6. The second-order valence-electron chi connectivity index (χ2n) is 9.68. The number of hydroxylamine groups is 2. The fraction of sp³-hybridized carbons (Fsp3) is 0.652. The van der Waals surface area contributed by atoms with Crippen molar-refractivity contribution in [2.75, 3.05) is 13.2 Å². The molecule has 1 aromatic rings. The van der Waals surface area contributed by atoms with Crippen LogP contribution in [0.5, 0.6) is 0 Å². The van der Waals surface area contributed by atoms with Gasteiger partial charge >= 0.3 is 11.9 Å². The molecule has 7 heteroatoms. The maximum Gasteiger partial charge on any atom is 0.326 e. The molecule has 1 saturated heterocycles. The molecule has 30 heavy (non-hydrogen) atoms. The average molecular weight is 422 g/mol. The molecule has 1 N–H and O–H groups in total. The summed E-state index contributed by atoms with van der Waals surface area (Å²) in [5.74, 6) is -1.36. The van der Waals surface area contributed by atoms with Crippen molar-refractivity contribution >= 4 is 11.9 Å². The molecular formula is C23H35NO6. The Hall–Kier alpha value is -1.96. The smallest absolute Gasteiger partial charge is 0.326 e. The number of hydrogen-bond acceptors (Lipinski definition) is 7. The molecule has 0 bridgehead atoms. The lowest BCUT2D eigenvalue weighted by Crippen LogP contribution is -2.43. The van der Waals surface area contributed by atoms with Gasteiger partial charge in [0.05, 0.1) is 25.7 Å². The number of benzene rings is 1. The van der Waals surface area contributed by atoms with Crippen LogP contribution in [-0.2, 0) is 30.5 Å². The predicted octanol–water partition coefficient (Wildman–Crippen LogP) is 3.10. The Labute approximate surface area is 179 Å². The molecule has 0 saturated carbocycles. The number of nitrogens with zero attached hydrogens (tertiary/aromatic N) is 1. The summed E-state index contributed by atoms with van der Waals surface area (Å²) < 4.78 is 11.0. The first kappa shape index (κ1) is 24.3. The van der Waals surface area contributed by atoms with Gasteiger partial charge in [0.1, 0.15) is 11.6 Å². The second-order valence-corrected chi connectivity index (χ2v) is 9.68. The average Bonchev–Trinajstić information content (AvgIpc) is 3.01. The van der Waals surface area contributed by atoms with E-state index in [1.807, 2.05) is 51.1 Å². The predicted molar refractivity (Wildman–Crippen MR) is 112 cm³/mol. The Morgan fingerprint density at radius 2 is 1.73 bits per heavy atom. The summed E-state index contributed by atoms with van der Waals surface area (Å²) in [5, 5.41) is 11.0. The van der Waals surface area contributed by atoms with Gasteiger partial charge in [-0.3, -0.25) is 14.4 Å². The zero-order chi connectivity index (χ0) is 22.5. The van der Waals surface area contributed by atoms with Gasteiger partial charge in [0.2, 0.25) is 0 Å². The SMILES string of the molecule is C[C@@H]1[C@H](C(=O)OCC(C)(C)CO)C[C@H](C(=O)OC(C)(C)C)N1OCc1ccccc1. The van der Waals surface area contributed by atoms with Crippen LogP contribution in [0.2, 0.25) is 0 Å². The van der Waals surface area contributed by atoms with Crippen LogP contribution < -0.4 is 0 Å². The third kappa shape index (κ3) is 6.79. The largest absolute Gasteiger partial charge is 0.465 e. The Balaban J connectivity index is 2.13. The number of carbonyl (C=O) groups excluding carboxylic acids is 2. The maximum atomic E-state index is 12.8. The van der Waals surface area contributed by atoms with Crippen molar-refractivity contribution in [3.8, 4) is 0 Å². The minimum absolute atomic E-state index is 0.0899. The number of aliphatic hydroxyl groups excluding tert-OH is 1. The topological polar surface area (TPSA) is 85.3 Å².